The molecule has 0 saturated heterocycles. The largest absolute Gasteiger partial charge is 0.463 e. The first-order valence-corrected chi connectivity index (χ1v) is 8.09. The third kappa shape index (κ3) is 12.1. The van der Waals surface area contributed by atoms with Gasteiger partial charge in [-0.25, -0.2) is 4.79 Å². The van der Waals surface area contributed by atoms with Crippen molar-refractivity contribution in [3.8, 4) is 23.7 Å². The Balaban J connectivity index is 0.000000470. The van der Waals surface area contributed by atoms with Crippen LogP contribution in [0.4, 0.5) is 0 Å². The third-order valence-electron chi connectivity index (χ3n) is 2.73. The van der Waals surface area contributed by atoms with Crippen LogP contribution in [0.1, 0.15) is 50.7 Å². The summed E-state index contributed by atoms with van der Waals surface area (Å²) < 4.78 is 4.63. The molecule has 1 N–H and O–H groups in total. The highest BCUT2D eigenvalue weighted by molar-refractivity contribution is 5.81. The van der Waals surface area contributed by atoms with Crippen molar-refractivity contribution in [2.24, 2.45) is 0 Å². The lowest BCUT2D eigenvalue weighted by molar-refractivity contribution is -0.137. The van der Waals surface area contributed by atoms with Gasteiger partial charge in [-0.05, 0) is 50.5 Å². The molecular formula is C21H26O3. The molecule has 0 heterocycles. The standard InChI is InChI=1S/C14H14.C7H12O3/c1-3-5-6-8-14-11-9-13(7-4-2)10-12-14;1-2-7(9)10-6-4-3-5-8/h9-12H,3,5H2,1-2H3;2,8H,1,3-6H2. The molecule has 0 amide bonds. The van der Waals surface area contributed by atoms with Crippen molar-refractivity contribution in [2.45, 2.75) is 39.5 Å². The Labute approximate surface area is 145 Å². The SMILES string of the molecule is C=CC(=O)OCCCCO.CC#Cc1ccc(C#CCCC)cc1. The molecule has 3 heteroatoms. The molecule has 0 aromatic heterocycles. The van der Waals surface area contributed by atoms with Crippen LogP contribution in [0.25, 0.3) is 0 Å². The summed E-state index contributed by atoms with van der Waals surface area (Å²) >= 11 is 0. The van der Waals surface area contributed by atoms with Gasteiger partial charge in [0.15, 0.2) is 0 Å². The van der Waals surface area contributed by atoms with Crippen LogP contribution < -0.4 is 0 Å². The lowest BCUT2D eigenvalue weighted by Crippen LogP contribution is -2.02. The highest BCUT2D eigenvalue weighted by Gasteiger charge is 1.93. The predicted octanol–water partition coefficient (Wildman–Crippen LogP) is 3.70. The number of hydrogen-bond donors (Lipinski definition) is 1. The molecule has 0 aliphatic heterocycles. The normalized spacial score (nSPS) is 8.46. The molecule has 0 fully saturated rings. The number of hydrogen-bond acceptors (Lipinski definition) is 3. The number of esters is 1. The molecule has 0 aliphatic carbocycles. The second-order valence-corrected chi connectivity index (χ2v) is 4.81. The van der Waals surface area contributed by atoms with Crippen molar-refractivity contribution >= 4 is 5.97 Å². The van der Waals surface area contributed by atoms with Gasteiger partial charge in [-0.2, -0.15) is 0 Å². The molecule has 0 radical (unpaired) electrons. The van der Waals surface area contributed by atoms with Crippen molar-refractivity contribution in [1.82, 2.24) is 0 Å². The number of aliphatic hydroxyl groups excluding tert-OH is 1. The smallest absolute Gasteiger partial charge is 0.330 e. The van der Waals surface area contributed by atoms with Crippen molar-refractivity contribution in [3.05, 3.63) is 48.0 Å². The van der Waals surface area contributed by atoms with E-state index in [0.717, 1.165) is 30.0 Å². The minimum atomic E-state index is -0.405. The minimum absolute atomic E-state index is 0.144. The van der Waals surface area contributed by atoms with Gasteiger partial charge in [0, 0.05) is 30.2 Å². The second-order valence-electron chi connectivity index (χ2n) is 4.81. The summed E-state index contributed by atoms with van der Waals surface area (Å²) in [7, 11) is 0. The van der Waals surface area contributed by atoms with Crippen molar-refractivity contribution in [2.75, 3.05) is 13.2 Å². The molecule has 0 saturated carbocycles. The topological polar surface area (TPSA) is 46.5 Å². The van der Waals surface area contributed by atoms with Gasteiger partial charge in [-0.3, -0.25) is 0 Å². The van der Waals surface area contributed by atoms with Gasteiger partial charge in [0.05, 0.1) is 6.61 Å². The first-order chi connectivity index (χ1) is 11.7. The van der Waals surface area contributed by atoms with Crippen LogP contribution in [-0.4, -0.2) is 24.3 Å². The molecule has 0 spiro atoms. The molecule has 24 heavy (non-hydrogen) atoms. The zero-order valence-electron chi connectivity index (χ0n) is 14.6. The molecule has 0 bridgehead atoms. The van der Waals surface area contributed by atoms with Gasteiger partial charge in [-0.1, -0.05) is 31.3 Å². The van der Waals surface area contributed by atoms with E-state index in [1.165, 1.54) is 0 Å². The Morgan fingerprint density at radius 2 is 1.83 bits per heavy atom. The molecular weight excluding hydrogens is 300 g/mol. The Morgan fingerprint density at radius 3 is 2.33 bits per heavy atom. The summed E-state index contributed by atoms with van der Waals surface area (Å²) in [6.45, 7) is 7.72. The molecule has 1 aromatic rings. The zero-order valence-corrected chi connectivity index (χ0v) is 14.6. The van der Waals surface area contributed by atoms with E-state index in [0.29, 0.717) is 19.4 Å². The van der Waals surface area contributed by atoms with Crippen LogP contribution in [0.5, 0.6) is 0 Å². The number of benzene rings is 1. The number of unbranched alkanes of at least 4 members (excludes halogenated alkanes) is 2. The summed E-state index contributed by atoms with van der Waals surface area (Å²) in [4.78, 5) is 10.4. The fourth-order valence-corrected chi connectivity index (χ4v) is 1.52. The number of rotatable bonds is 6. The number of carbonyl (C=O) groups excluding carboxylic acids is 1. The fourth-order valence-electron chi connectivity index (χ4n) is 1.52. The van der Waals surface area contributed by atoms with Gasteiger partial charge < -0.3 is 9.84 Å². The molecule has 128 valence electrons. The maximum absolute atomic E-state index is 10.4. The van der Waals surface area contributed by atoms with Crippen LogP contribution in [0.3, 0.4) is 0 Å². The van der Waals surface area contributed by atoms with E-state index in [4.69, 9.17) is 5.11 Å². The molecule has 0 aliphatic rings. The number of carbonyl (C=O) groups is 1. The Kier molecular flexibility index (Phi) is 13.8. The molecule has 3 nitrogen and oxygen atoms in total. The van der Waals surface area contributed by atoms with E-state index >= 15 is 0 Å². The van der Waals surface area contributed by atoms with Crippen LogP contribution in [0.2, 0.25) is 0 Å². The lowest BCUT2D eigenvalue weighted by atomic mass is 10.1. The summed E-state index contributed by atoms with van der Waals surface area (Å²) in [6.07, 6.45) is 4.59. The number of aliphatic hydroxyl groups is 1. The van der Waals surface area contributed by atoms with E-state index in [1.807, 2.05) is 31.2 Å². The first-order valence-electron chi connectivity index (χ1n) is 8.09. The fraction of sp³-hybridized carbons (Fsp3) is 0.381. The zero-order chi connectivity index (χ0) is 18.0. The molecule has 1 aromatic carbocycles. The van der Waals surface area contributed by atoms with Gasteiger partial charge >= 0.3 is 5.97 Å². The molecule has 1 rings (SSSR count). The predicted molar refractivity (Wildman–Crippen MR) is 98.3 cm³/mol. The van der Waals surface area contributed by atoms with Crippen LogP contribution in [-0.2, 0) is 9.53 Å². The Morgan fingerprint density at radius 1 is 1.21 bits per heavy atom. The van der Waals surface area contributed by atoms with Crippen LogP contribution in [0, 0.1) is 23.7 Å². The average molecular weight is 326 g/mol. The average Bonchev–Trinajstić information content (AvgIpc) is 2.61. The second kappa shape index (κ2) is 15.4. The quantitative estimate of drug-likeness (QED) is 0.375. The van der Waals surface area contributed by atoms with Crippen molar-refractivity contribution in [3.63, 3.8) is 0 Å². The Hall–Kier alpha value is -2.49. The summed E-state index contributed by atoms with van der Waals surface area (Å²) in [5, 5.41) is 8.33. The maximum atomic E-state index is 10.4. The molecule has 0 atom stereocenters. The highest BCUT2D eigenvalue weighted by Crippen LogP contribution is 2.01. The van der Waals surface area contributed by atoms with E-state index in [9.17, 15) is 4.79 Å². The highest BCUT2D eigenvalue weighted by atomic mass is 16.5. The van der Waals surface area contributed by atoms with Crippen molar-refractivity contribution in [1.29, 1.82) is 0 Å². The van der Waals surface area contributed by atoms with Crippen molar-refractivity contribution < 1.29 is 14.6 Å². The van der Waals surface area contributed by atoms with E-state index in [2.05, 4.69) is 41.9 Å². The van der Waals surface area contributed by atoms with E-state index in [1.54, 1.807) is 0 Å². The summed E-state index contributed by atoms with van der Waals surface area (Å²) in [5.41, 5.74) is 2.12. The summed E-state index contributed by atoms with van der Waals surface area (Å²) in [6, 6.07) is 8.05. The van der Waals surface area contributed by atoms with Crippen LogP contribution in [0.15, 0.2) is 36.9 Å². The third-order valence-corrected chi connectivity index (χ3v) is 2.73. The first kappa shape index (κ1) is 21.5. The van der Waals surface area contributed by atoms with Gasteiger partial charge in [0.2, 0.25) is 0 Å². The number of ether oxygens (including phenoxy) is 1. The lowest BCUT2D eigenvalue weighted by Gasteiger charge is -1.98. The van der Waals surface area contributed by atoms with E-state index in [-0.39, 0.29) is 6.61 Å². The molecule has 0 unspecified atom stereocenters. The Bertz CT molecular complexity index is 592. The minimum Gasteiger partial charge on any atom is -0.463 e. The van der Waals surface area contributed by atoms with Crippen LogP contribution >= 0.6 is 0 Å². The van der Waals surface area contributed by atoms with Gasteiger partial charge in [-0.15, -0.1) is 5.92 Å². The monoisotopic (exact) mass is 326 g/mol. The van der Waals surface area contributed by atoms with E-state index < -0.39 is 5.97 Å². The van der Waals surface area contributed by atoms with Gasteiger partial charge in [0.25, 0.3) is 0 Å². The summed E-state index contributed by atoms with van der Waals surface area (Å²) in [5.74, 6) is 11.7. The van der Waals surface area contributed by atoms with Gasteiger partial charge in [0.1, 0.15) is 0 Å². The maximum Gasteiger partial charge on any atom is 0.330 e.